The second kappa shape index (κ2) is 8.50. The Kier molecular flexibility index (Phi) is 6.96. The van der Waals surface area contributed by atoms with Crippen molar-refractivity contribution >= 4 is 17.7 Å². The lowest BCUT2D eigenvalue weighted by atomic mass is 10.2. The molecule has 0 saturated carbocycles. The van der Waals surface area contributed by atoms with Crippen LogP contribution in [0, 0.1) is 16.0 Å². The maximum Gasteiger partial charge on any atom is 0.407 e. The number of rotatable bonds is 7. The van der Waals surface area contributed by atoms with Gasteiger partial charge in [0.15, 0.2) is 0 Å². The molecular weight excluding hydrogens is 328 g/mol. The first-order valence-electron chi connectivity index (χ1n) is 8.09. The molecule has 0 aromatic carbocycles. The van der Waals surface area contributed by atoms with Crippen molar-refractivity contribution < 1.29 is 19.2 Å². The highest BCUT2D eigenvalue weighted by molar-refractivity contribution is 5.93. The predicted octanol–water partition coefficient (Wildman–Crippen LogP) is 2.31. The summed E-state index contributed by atoms with van der Waals surface area (Å²) in [5, 5.41) is 16.1. The molecule has 1 aromatic heterocycles. The molecule has 140 valence electrons. The smallest absolute Gasteiger partial charge is 0.407 e. The molecule has 0 saturated heterocycles. The molecule has 0 atom stereocenters. The molecule has 1 heterocycles. The molecule has 25 heavy (non-hydrogen) atoms. The van der Waals surface area contributed by atoms with Crippen LogP contribution in [0.3, 0.4) is 0 Å². The minimum Gasteiger partial charge on any atom is -0.444 e. The van der Waals surface area contributed by atoms with Crippen molar-refractivity contribution in [2.24, 2.45) is 5.92 Å². The summed E-state index contributed by atoms with van der Waals surface area (Å²) in [6.45, 7) is 10.0. The van der Waals surface area contributed by atoms with Crippen molar-refractivity contribution in [1.82, 2.24) is 15.2 Å². The van der Waals surface area contributed by atoms with E-state index >= 15 is 0 Å². The largest absolute Gasteiger partial charge is 0.444 e. The monoisotopic (exact) mass is 354 g/mol. The standard InChI is InChI=1S/C16H26N4O5/c1-11(2)9-19-10-12(20(23)24)8-13(19)14(21)17-6-7-18-15(22)25-16(3,4)5/h8,10-11H,6-7,9H2,1-5H3,(H,17,21)(H,18,22). The van der Waals surface area contributed by atoms with E-state index in [0.717, 1.165) is 0 Å². The second-order valence-corrected chi connectivity index (χ2v) is 7.07. The third-order valence-electron chi connectivity index (χ3n) is 2.97. The van der Waals surface area contributed by atoms with Crippen LogP contribution in [0.1, 0.15) is 45.1 Å². The minimum atomic E-state index is -0.593. The fraction of sp³-hybridized carbons (Fsp3) is 0.625. The van der Waals surface area contributed by atoms with Gasteiger partial charge in [0.25, 0.3) is 11.6 Å². The van der Waals surface area contributed by atoms with Crippen molar-refractivity contribution in [3.63, 3.8) is 0 Å². The van der Waals surface area contributed by atoms with Gasteiger partial charge in [-0.3, -0.25) is 14.9 Å². The summed E-state index contributed by atoms with van der Waals surface area (Å²) in [6, 6.07) is 1.25. The molecule has 0 fully saturated rings. The fourth-order valence-electron chi connectivity index (χ4n) is 2.08. The number of hydrogen-bond donors (Lipinski definition) is 2. The predicted molar refractivity (Wildman–Crippen MR) is 92.5 cm³/mol. The van der Waals surface area contributed by atoms with E-state index in [9.17, 15) is 19.7 Å². The number of hydrogen-bond acceptors (Lipinski definition) is 5. The van der Waals surface area contributed by atoms with Gasteiger partial charge in [-0.25, -0.2) is 4.79 Å². The molecule has 0 unspecified atom stereocenters. The minimum absolute atomic E-state index is 0.127. The summed E-state index contributed by atoms with van der Waals surface area (Å²) in [4.78, 5) is 34.2. The van der Waals surface area contributed by atoms with Gasteiger partial charge >= 0.3 is 6.09 Å². The van der Waals surface area contributed by atoms with Gasteiger partial charge in [-0.1, -0.05) is 13.8 Å². The van der Waals surface area contributed by atoms with Crippen LogP contribution in [0.5, 0.6) is 0 Å². The molecule has 0 aliphatic heterocycles. The molecule has 0 bridgehead atoms. The summed E-state index contributed by atoms with van der Waals surface area (Å²) in [5.41, 5.74) is -0.500. The van der Waals surface area contributed by atoms with E-state index in [0.29, 0.717) is 6.54 Å². The average molecular weight is 354 g/mol. The van der Waals surface area contributed by atoms with Gasteiger partial charge in [-0.05, 0) is 26.7 Å². The summed E-state index contributed by atoms with van der Waals surface area (Å²) >= 11 is 0. The maximum absolute atomic E-state index is 12.3. The number of nitrogens with one attached hydrogen (secondary N) is 2. The lowest BCUT2D eigenvalue weighted by molar-refractivity contribution is -0.384. The van der Waals surface area contributed by atoms with Crippen molar-refractivity contribution in [1.29, 1.82) is 0 Å². The third-order valence-corrected chi connectivity index (χ3v) is 2.97. The Morgan fingerprint density at radius 2 is 1.88 bits per heavy atom. The molecular formula is C16H26N4O5. The molecule has 1 rings (SSSR count). The van der Waals surface area contributed by atoms with Crippen LogP contribution >= 0.6 is 0 Å². The molecule has 2 N–H and O–H groups in total. The van der Waals surface area contributed by atoms with Crippen LogP contribution in [0.15, 0.2) is 12.3 Å². The Hall–Kier alpha value is -2.58. The Morgan fingerprint density at radius 3 is 2.40 bits per heavy atom. The van der Waals surface area contributed by atoms with Crippen LogP contribution in [-0.2, 0) is 11.3 Å². The lowest BCUT2D eigenvalue weighted by Gasteiger charge is -2.19. The van der Waals surface area contributed by atoms with Crippen molar-refractivity contribution in [2.45, 2.75) is 46.8 Å². The topological polar surface area (TPSA) is 115 Å². The van der Waals surface area contributed by atoms with Crippen LogP contribution in [0.4, 0.5) is 10.5 Å². The average Bonchev–Trinajstić information content (AvgIpc) is 2.84. The summed E-state index contributed by atoms with van der Waals surface area (Å²) < 4.78 is 6.65. The molecule has 1 aromatic rings. The Morgan fingerprint density at radius 1 is 1.28 bits per heavy atom. The number of nitrogens with zero attached hydrogens (tertiary/aromatic N) is 2. The van der Waals surface area contributed by atoms with Crippen LogP contribution in [-0.4, -0.2) is 40.2 Å². The number of alkyl carbamates (subject to hydrolysis) is 1. The van der Waals surface area contributed by atoms with Crippen molar-refractivity contribution in [2.75, 3.05) is 13.1 Å². The van der Waals surface area contributed by atoms with Crippen molar-refractivity contribution in [3.8, 4) is 0 Å². The maximum atomic E-state index is 12.3. The highest BCUT2D eigenvalue weighted by Crippen LogP contribution is 2.18. The quantitative estimate of drug-likeness (QED) is 0.443. The number of aromatic nitrogens is 1. The van der Waals surface area contributed by atoms with E-state index in [1.807, 2.05) is 13.8 Å². The van der Waals surface area contributed by atoms with Crippen molar-refractivity contribution in [3.05, 3.63) is 28.1 Å². The molecule has 0 aliphatic carbocycles. The van der Waals surface area contributed by atoms with Crippen LogP contribution < -0.4 is 10.6 Å². The normalized spacial score (nSPS) is 11.3. The van der Waals surface area contributed by atoms with E-state index < -0.39 is 22.5 Å². The first-order chi connectivity index (χ1) is 11.5. The van der Waals surface area contributed by atoms with Gasteiger partial charge in [0.1, 0.15) is 11.3 Å². The fourth-order valence-corrected chi connectivity index (χ4v) is 2.08. The highest BCUT2D eigenvalue weighted by Gasteiger charge is 2.20. The number of ether oxygens (including phenoxy) is 1. The molecule has 0 spiro atoms. The molecule has 9 heteroatoms. The van der Waals surface area contributed by atoms with Gasteiger partial charge in [-0.15, -0.1) is 0 Å². The van der Waals surface area contributed by atoms with Gasteiger partial charge in [0.05, 0.1) is 11.1 Å². The zero-order chi connectivity index (χ0) is 19.2. The Balaban J connectivity index is 2.59. The van der Waals surface area contributed by atoms with Crippen LogP contribution in [0.2, 0.25) is 0 Å². The SMILES string of the molecule is CC(C)Cn1cc([N+](=O)[O-])cc1C(=O)NCCNC(=O)OC(C)(C)C. The number of amides is 2. The van der Waals surface area contributed by atoms with Gasteiger partial charge in [0.2, 0.25) is 0 Å². The summed E-state index contributed by atoms with van der Waals surface area (Å²) in [5.74, 6) is -0.202. The Bertz CT molecular complexity index is 631. The number of carbonyl (C=O) groups excluding carboxylic acids is 2. The first kappa shape index (κ1) is 20.5. The highest BCUT2D eigenvalue weighted by atomic mass is 16.6. The second-order valence-electron chi connectivity index (χ2n) is 7.07. The van der Waals surface area contributed by atoms with Crippen LogP contribution in [0.25, 0.3) is 0 Å². The zero-order valence-corrected chi connectivity index (χ0v) is 15.3. The molecule has 9 nitrogen and oxygen atoms in total. The van der Waals surface area contributed by atoms with E-state index in [4.69, 9.17) is 4.74 Å². The lowest BCUT2D eigenvalue weighted by Crippen LogP contribution is -2.38. The van der Waals surface area contributed by atoms with Gasteiger partial charge in [-0.2, -0.15) is 0 Å². The number of nitro groups is 1. The van der Waals surface area contributed by atoms with E-state index in [2.05, 4.69) is 10.6 Å². The molecule has 0 radical (unpaired) electrons. The zero-order valence-electron chi connectivity index (χ0n) is 15.3. The number of carbonyl (C=O) groups is 2. The molecule has 0 aliphatic rings. The van der Waals surface area contributed by atoms with E-state index in [1.165, 1.54) is 12.3 Å². The third kappa shape index (κ3) is 7.23. The van der Waals surface area contributed by atoms with Gasteiger partial charge in [0, 0.05) is 25.7 Å². The Labute approximate surface area is 146 Å². The first-order valence-corrected chi connectivity index (χ1v) is 8.09. The molecule has 2 amide bonds. The van der Waals surface area contributed by atoms with E-state index in [-0.39, 0.29) is 30.4 Å². The summed E-state index contributed by atoms with van der Waals surface area (Å²) in [6.07, 6.45) is 0.786. The van der Waals surface area contributed by atoms with Gasteiger partial charge < -0.3 is 19.9 Å². The van der Waals surface area contributed by atoms with E-state index in [1.54, 1.807) is 25.3 Å². The summed E-state index contributed by atoms with van der Waals surface area (Å²) in [7, 11) is 0.